The SMILES string of the molecule is [2H]C([2H])[N+](C)(C([2H])([2H])[2H])C([2H])([2H])C([2H])([2H])OC(C)=O.[Cl-]. The summed E-state index contributed by atoms with van der Waals surface area (Å²) in [6.07, 6.45) is 0. The van der Waals surface area contributed by atoms with E-state index in [1.54, 1.807) is 0 Å². The molecule has 1 atom stereocenters. The molecule has 0 aromatic heterocycles. The molecule has 4 heteroatoms. The summed E-state index contributed by atoms with van der Waals surface area (Å²) >= 11 is 0. The van der Waals surface area contributed by atoms with E-state index in [0.717, 1.165) is 6.92 Å². The molecule has 0 fully saturated rings. The topological polar surface area (TPSA) is 26.3 Å². The number of esters is 1. The highest BCUT2D eigenvalue weighted by Crippen LogP contribution is 1.88. The molecule has 0 aromatic rings. The van der Waals surface area contributed by atoms with Crippen LogP contribution in [0.3, 0.4) is 0 Å². The van der Waals surface area contributed by atoms with E-state index in [9.17, 15) is 4.79 Å². The smallest absolute Gasteiger partial charge is 0.302 e. The van der Waals surface area contributed by atoms with Gasteiger partial charge >= 0.3 is 5.97 Å². The van der Waals surface area contributed by atoms with Gasteiger partial charge in [0.25, 0.3) is 0 Å². The molecule has 0 aliphatic heterocycles. The van der Waals surface area contributed by atoms with E-state index in [1.807, 2.05) is 0 Å². The molecule has 11 heavy (non-hydrogen) atoms. The molecule has 0 spiro atoms. The van der Waals surface area contributed by atoms with Crippen LogP contribution in [-0.4, -0.2) is 44.5 Å². The van der Waals surface area contributed by atoms with Crippen molar-refractivity contribution in [1.29, 1.82) is 0 Å². The van der Waals surface area contributed by atoms with Crippen molar-refractivity contribution in [2.75, 3.05) is 34.1 Å². The van der Waals surface area contributed by atoms with Gasteiger partial charge in [0.05, 0.1) is 33.4 Å². The third-order valence-corrected chi connectivity index (χ3v) is 0.473. The van der Waals surface area contributed by atoms with Gasteiger partial charge in [-0.25, -0.2) is 0 Å². The van der Waals surface area contributed by atoms with Crippen molar-refractivity contribution in [2.24, 2.45) is 0 Å². The summed E-state index contributed by atoms with van der Waals surface area (Å²) in [5, 5.41) is 0. The van der Waals surface area contributed by atoms with Crippen molar-refractivity contribution in [3.8, 4) is 0 Å². The Kier molecular flexibility index (Phi) is 1.58. The Labute approximate surface area is 87.0 Å². The molecule has 0 aliphatic rings. The van der Waals surface area contributed by atoms with Crippen molar-refractivity contribution in [2.45, 2.75) is 6.92 Å². The zero-order valence-corrected chi connectivity index (χ0v) is 6.97. The van der Waals surface area contributed by atoms with Gasteiger partial charge < -0.3 is 21.6 Å². The maximum Gasteiger partial charge on any atom is 0.302 e. The summed E-state index contributed by atoms with van der Waals surface area (Å²) in [6.45, 7) is -11.2. The largest absolute Gasteiger partial charge is 1.00 e. The monoisotopic (exact) mass is 190 g/mol. The molecule has 0 rings (SSSR count). The molecule has 1 unspecified atom stereocenters. The lowest BCUT2D eigenvalue weighted by molar-refractivity contribution is -0.870. The molecule has 0 heterocycles. The van der Waals surface area contributed by atoms with Crippen molar-refractivity contribution in [1.82, 2.24) is 0 Å². The zero-order valence-electron chi connectivity index (χ0n) is 15.2. The van der Waals surface area contributed by atoms with Crippen LogP contribution in [0.5, 0.6) is 0 Å². The molecule has 0 amide bonds. The van der Waals surface area contributed by atoms with Gasteiger partial charge in [-0.15, -0.1) is 0 Å². The number of likely N-dealkylation sites (N-methyl/N-ethyl adjacent to an activating group) is 1. The van der Waals surface area contributed by atoms with Gasteiger partial charge in [-0.3, -0.25) is 4.79 Å². The molecular formula is C7H16ClNO2. The first kappa shape index (κ1) is 3.23. The lowest BCUT2D eigenvalue weighted by Gasteiger charge is -2.23. The van der Waals surface area contributed by atoms with Crippen LogP contribution in [-0.2, 0) is 9.53 Å². The summed E-state index contributed by atoms with van der Waals surface area (Å²) in [5.74, 6) is -1.14. The molecule has 0 aliphatic carbocycles. The maximum atomic E-state index is 10.8. The molecule has 0 radical (unpaired) electrons. The first-order valence-electron chi connectivity index (χ1n) is 7.17. The first-order chi connectivity index (χ1) is 8.11. The van der Waals surface area contributed by atoms with Crippen LogP contribution < -0.4 is 12.4 Å². The van der Waals surface area contributed by atoms with Gasteiger partial charge in [0, 0.05) is 6.92 Å². The normalized spacial score (nSPS) is 30.6. The number of rotatable bonds is 3. The van der Waals surface area contributed by atoms with Gasteiger partial charge in [-0.05, 0) is 0 Å². The number of halogens is 1. The summed E-state index contributed by atoms with van der Waals surface area (Å²) in [4.78, 5) is 10.8. The molecular weight excluding hydrogens is 166 g/mol. The Morgan fingerprint density at radius 3 is 2.82 bits per heavy atom. The fraction of sp³-hybridized carbons (Fsp3) is 0.857. The van der Waals surface area contributed by atoms with Crippen LogP contribution >= 0.6 is 0 Å². The standard InChI is InChI=1S/C7H16NO2.ClH/c1-7(9)10-6-5-8(2,3)4;/h5-6H2,1-4H3;1H/q+1;/p-1/i2D2,3D3,5D2,6D2;. The van der Waals surface area contributed by atoms with Crippen molar-refractivity contribution >= 4 is 5.97 Å². The lowest BCUT2D eigenvalue weighted by Crippen LogP contribution is -3.00. The highest BCUT2D eigenvalue weighted by atomic mass is 35.5. The van der Waals surface area contributed by atoms with E-state index in [2.05, 4.69) is 4.74 Å². The van der Waals surface area contributed by atoms with Crippen LogP contribution in [0.1, 0.15) is 19.3 Å². The third-order valence-electron chi connectivity index (χ3n) is 0.473. The quantitative estimate of drug-likeness (QED) is 0.357. The molecule has 0 bridgehead atoms. The number of carbonyl (C=O) groups is 1. The Balaban J connectivity index is 0. The Bertz CT molecular complexity index is 359. The van der Waals surface area contributed by atoms with Crippen LogP contribution in [0, 0.1) is 0 Å². The van der Waals surface area contributed by atoms with Crippen molar-refractivity contribution in [3.63, 3.8) is 0 Å². The highest BCUT2D eigenvalue weighted by molar-refractivity contribution is 5.65. The molecule has 3 nitrogen and oxygen atoms in total. The second-order valence-electron chi connectivity index (χ2n) is 1.88. The van der Waals surface area contributed by atoms with Gasteiger partial charge in [0.15, 0.2) is 0 Å². The van der Waals surface area contributed by atoms with Gasteiger partial charge in [0.1, 0.15) is 13.1 Å². The minimum Gasteiger partial charge on any atom is -1.00 e. The zero-order chi connectivity index (χ0) is 15.9. The summed E-state index contributed by atoms with van der Waals surface area (Å²) in [7, 11) is 0.707. The van der Waals surface area contributed by atoms with Gasteiger partial charge in [-0.2, -0.15) is 0 Å². The van der Waals surface area contributed by atoms with Crippen molar-refractivity contribution < 1.29 is 38.8 Å². The van der Waals surface area contributed by atoms with E-state index in [1.165, 1.54) is 0 Å². The fourth-order valence-corrected chi connectivity index (χ4v) is 0.190. The summed E-state index contributed by atoms with van der Waals surface area (Å²) in [6, 6.07) is 0. The minimum atomic E-state index is -3.32. The predicted molar refractivity (Wildman–Crippen MR) is 39.5 cm³/mol. The molecule has 0 saturated heterocycles. The van der Waals surface area contributed by atoms with E-state index in [-0.39, 0.29) is 12.4 Å². The Morgan fingerprint density at radius 1 is 1.82 bits per heavy atom. The first-order valence-corrected chi connectivity index (χ1v) is 2.51. The van der Waals surface area contributed by atoms with E-state index in [4.69, 9.17) is 12.3 Å². The summed E-state index contributed by atoms with van der Waals surface area (Å²) < 4.78 is 68.6. The number of carbonyl (C=O) groups excluding carboxylic acids is 1. The number of hydrogen-bond donors (Lipinski definition) is 0. The highest BCUT2D eigenvalue weighted by Gasteiger charge is 2.06. The van der Waals surface area contributed by atoms with E-state index >= 15 is 0 Å². The van der Waals surface area contributed by atoms with E-state index < -0.39 is 37.5 Å². The molecule has 0 saturated carbocycles. The van der Waals surface area contributed by atoms with Crippen LogP contribution in [0.15, 0.2) is 0 Å². The third kappa shape index (κ3) is 12.8. The lowest BCUT2D eigenvalue weighted by atomic mass is 10.5. The van der Waals surface area contributed by atoms with E-state index in [0.29, 0.717) is 7.05 Å². The van der Waals surface area contributed by atoms with Gasteiger partial charge in [-0.1, -0.05) is 0 Å². The Morgan fingerprint density at radius 2 is 2.45 bits per heavy atom. The number of nitrogens with zero attached hydrogens (tertiary/aromatic N) is 1. The van der Waals surface area contributed by atoms with Crippen LogP contribution in [0.25, 0.3) is 0 Å². The average Bonchev–Trinajstić information content (AvgIpc) is 2.11. The maximum absolute atomic E-state index is 10.8. The molecule has 68 valence electrons. The Hall–Kier alpha value is -0.280. The number of hydrogen-bond acceptors (Lipinski definition) is 2. The molecule has 0 aromatic carbocycles. The predicted octanol–water partition coefficient (Wildman–Crippen LogP) is -2.74. The second-order valence-corrected chi connectivity index (χ2v) is 1.88. The second kappa shape index (κ2) is 5.38. The molecule has 0 N–H and O–H groups in total. The minimum absolute atomic E-state index is 0. The summed E-state index contributed by atoms with van der Waals surface area (Å²) in [5.41, 5.74) is 0. The number of ether oxygens (including phenoxy) is 1. The average molecular weight is 191 g/mol. The fourth-order valence-electron chi connectivity index (χ4n) is 0.190. The number of quaternary nitrogens is 1. The van der Waals surface area contributed by atoms with Crippen LogP contribution in [0.4, 0.5) is 0 Å². The van der Waals surface area contributed by atoms with Gasteiger partial charge in [0.2, 0.25) is 0 Å². The van der Waals surface area contributed by atoms with Crippen molar-refractivity contribution in [3.05, 3.63) is 0 Å². The van der Waals surface area contributed by atoms with Crippen LogP contribution in [0.2, 0.25) is 0 Å².